The number of carbonyl (C=O) groups is 2. The average molecular weight is 373 g/mol. The van der Waals surface area contributed by atoms with Crippen LogP contribution in [0.4, 0.5) is 0 Å². The molecule has 5 nitrogen and oxygen atoms in total. The molecule has 1 fully saturated rings. The van der Waals surface area contributed by atoms with Crippen molar-refractivity contribution in [3.63, 3.8) is 0 Å². The Morgan fingerprint density at radius 1 is 1.37 bits per heavy atom. The minimum Gasteiger partial charge on any atom is -0.469 e. The number of nitrogens with zero attached hydrogens (tertiary/aromatic N) is 1. The minimum atomic E-state index is -0.571. The van der Waals surface area contributed by atoms with E-state index in [1.54, 1.807) is 11.0 Å². The van der Waals surface area contributed by atoms with Gasteiger partial charge in [-0.1, -0.05) is 31.9 Å². The standard InChI is InChI=1S/C22H31NO4/c1-4-5-8-11-18(2)20(24)15-13-19-14-16-21(25)23(19)17-10-7-6-9-12-22(26)27-3/h13,15,18-20,24H,4,6,9,11-12,14,16-17H2,1-3H3/t18-,19-,20-/m0/s1. The van der Waals surface area contributed by atoms with Crippen molar-refractivity contribution < 1.29 is 19.4 Å². The van der Waals surface area contributed by atoms with Crippen molar-refractivity contribution in [2.45, 2.75) is 70.9 Å². The van der Waals surface area contributed by atoms with Gasteiger partial charge < -0.3 is 14.7 Å². The molecule has 0 bridgehead atoms. The molecule has 1 saturated heterocycles. The SMILES string of the molecule is CCC#CC[C@H](C)[C@@H](O)C=C[C@H]1CCC(=O)N1CC#CCCCC(=O)OC. The summed E-state index contributed by atoms with van der Waals surface area (Å²) in [6, 6.07) is -0.0227. The zero-order valence-corrected chi connectivity index (χ0v) is 16.7. The van der Waals surface area contributed by atoms with Crippen LogP contribution in [0.1, 0.15) is 58.8 Å². The summed E-state index contributed by atoms with van der Waals surface area (Å²) in [4.78, 5) is 24.8. The fraction of sp³-hybridized carbons (Fsp3) is 0.636. The van der Waals surface area contributed by atoms with Crippen LogP contribution in [0.15, 0.2) is 12.2 Å². The summed E-state index contributed by atoms with van der Waals surface area (Å²) in [6.07, 6.45) is 7.47. The van der Waals surface area contributed by atoms with Crippen molar-refractivity contribution >= 4 is 11.9 Å². The molecule has 3 atom stereocenters. The van der Waals surface area contributed by atoms with E-state index in [-0.39, 0.29) is 23.8 Å². The van der Waals surface area contributed by atoms with Gasteiger partial charge in [0.1, 0.15) is 0 Å². The molecule has 1 N–H and O–H groups in total. The van der Waals surface area contributed by atoms with Crippen LogP contribution in [-0.2, 0) is 14.3 Å². The van der Waals surface area contributed by atoms with Gasteiger partial charge in [-0.2, -0.15) is 0 Å². The Kier molecular flexibility index (Phi) is 11.0. The number of hydrogen-bond acceptors (Lipinski definition) is 4. The number of hydrogen-bond donors (Lipinski definition) is 1. The smallest absolute Gasteiger partial charge is 0.305 e. The molecule has 0 aromatic heterocycles. The fourth-order valence-electron chi connectivity index (χ4n) is 2.72. The number of likely N-dealkylation sites (tertiary alicyclic amines) is 1. The molecule has 0 radical (unpaired) electrons. The maximum Gasteiger partial charge on any atom is 0.305 e. The highest BCUT2D eigenvalue weighted by atomic mass is 16.5. The lowest BCUT2D eigenvalue weighted by Crippen LogP contribution is -2.32. The molecule has 1 heterocycles. The number of esters is 1. The van der Waals surface area contributed by atoms with Gasteiger partial charge in [-0.05, 0) is 18.8 Å². The van der Waals surface area contributed by atoms with E-state index in [0.717, 1.165) is 12.8 Å². The number of rotatable bonds is 8. The van der Waals surface area contributed by atoms with Crippen LogP contribution in [0.3, 0.4) is 0 Å². The predicted molar refractivity (Wildman–Crippen MR) is 105 cm³/mol. The molecule has 1 rings (SSSR count). The Morgan fingerprint density at radius 2 is 2.15 bits per heavy atom. The third-order valence-electron chi connectivity index (χ3n) is 4.50. The van der Waals surface area contributed by atoms with Crippen LogP contribution >= 0.6 is 0 Å². The highest BCUT2D eigenvalue weighted by molar-refractivity contribution is 5.79. The lowest BCUT2D eigenvalue weighted by Gasteiger charge is -2.20. The summed E-state index contributed by atoms with van der Waals surface area (Å²) in [6.45, 7) is 4.35. The minimum absolute atomic E-state index is 0.0227. The van der Waals surface area contributed by atoms with Crippen molar-refractivity contribution in [1.29, 1.82) is 0 Å². The molecular weight excluding hydrogens is 342 g/mol. The Hall–Kier alpha value is -2.24. The third kappa shape index (κ3) is 8.80. The van der Waals surface area contributed by atoms with E-state index in [1.165, 1.54) is 7.11 Å². The van der Waals surface area contributed by atoms with Gasteiger partial charge in [-0.15, -0.1) is 17.8 Å². The van der Waals surface area contributed by atoms with Gasteiger partial charge in [0.2, 0.25) is 5.91 Å². The van der Waals surface area contributed by atoms with E-state index in [0.29, 0.717) is 38.6 Å². The van der Waals surface area contributed by atoms with Crippen molar-refractivity contribution in [3.8, 4) is 23.7 Å². The highest BCUT2D eigenvalue weighted by Gasteiger charge is 2.28. The first-order valence-electron chi connectivity index (χ1n) is 9.63. The summed E-state index contributed by atoms with van der Waals surface area (Å²) < 4.78 is 4.58. The molecule has 0 aliphatic carbocycles. The van der Waals surface area contributed by atoms with Crippen molar-refractivity contribution in [2.24, 2.45) is 5.92 Å². The molecule has 0 spiro atoms. The second-order valence-electron chi connectivity index (χ2n) is 6.67. The lowest BCUT2D eigenvalue weighted by molar-refractivity contribution is -0.140. The van der Waals surface area contributed by atoms with Gasteiger partial charge in [0, 0.05) is 32.1 Å². The van der Waals surface area contributed by atoms with E-state index in [1.807, 2.05) is 19.9 Å². The summed E-state index contributed by atoms with van der Waals surface area (Å²) in [5.41, 5.74) is 0. The van der Waals surface area contributed by atoms with Crippen LogP contribution in [0.2, 0.25) is 0 Å². The fourth-order valence-corrected chi connectivity index (χ4v) is 2.72. The second kappa shape index (κ2) is 13.0. The molecule has 0 aromatic carbocycles. The Labute approximate surface area is 163 Å². The molecule has 0 saturated carbocycles. The molecule has 1 amide bonds. The maximum atomic E-state index is 12.1. The molecule has 1 aliphatic heterocycles. The van der Waals surface area contributed by atoms with Crippen molar-refractivity contribution in [2.75, 3.05) is 13.7 Å². The van der Waals surface area contributed by atoms with Crippen molar-refractivity contribution in [3.05, 3.63) is 12.2 Å². The molecule has 1 aliphatic rings. The van der Waals surface area contributed by atoms with Gasteiger partial charge in [-0.25, -0.2) is 0 Å². The maximum absolute atomic E-state index is 12.1. The van der Waals surface area contributed by atoms with Crippen LogP contribution < -0.4 is 0 Å². The van der Waals surface area contributed by atoms with Crippen LogP contribution in [0.5, 0.6) is 0 Å². The number of aliphatic hydroxyl groups excluding tert-OH is 1. The van der Waals surface area contributed by atoms with E-state index in [2.05, 4.69) is 28.4 Å². The molecule has 27 heavy (non-hydrogen) atoms. The van der Waals surface area contributed by atoms with Gasteiger partial charge in [0.05, 0.1) is 25.8 Å². The normalized spacial score (nSPS) is 18.4. The van der Waals surface area contributed by atoms with Crippen molar-refractivity contribution in [1.82, 2.24) is 4.90 Å². The largest absolute Gasteiger partial charge is 0.469 e. The van der Waals surface area contributed by atoms with Gasteiger partial charge in [0.15, 0.2) is 0 Å². The topological polar surface area (TPSA) is 66.8 Å². The molecule has 0 aromatic rings. The number of amides is 1. The number of methoxy groups -OCH3 is 1. The first-order chi connectivity index (χ1) is 13.0. The van der Waals surface area contributed by atoms with Gasteiger partial charge in [-0.3, -0.25) is 9.59 Å². The first kappa shape index (κ1) is 22.8. The number of unbranched alkanes of at least 4 members (excludes halogenated alkanes) is 1. The summed E-state index contributed by atoms with van der Waals surface area (Å²) in [7, 11) is 1.37. The summed E-state index contributed by atoms with van der Waals surface area (Å²) in [5, 5.41) is 10.2. The van der Waals surface area contributed by atoms with E-state index < -0.39 is 6.10 Å². The van der Waals surface area contributed by atoms with E-state index in [9.17, 15) is 14.7 Å². The highest BCUT2D eigenvalue weighted by Crippen LogP contribution is 2.20. The van der Waals surface area contributed by atoms with Crippen LogP contribution in [0, 0.1) is 29.6 Å². The second-order valence-corrected chi connectivity index (χ2v) is 6.67. The molecular formula is C22H31NO4. The summed E-state index contributed by atoms with van der Waals surface area (Å²) >= 11 is 0. The van der Waals surface area contributed by atoms with Gasteiger partial charge >= 0.3 is 5.97 Å². The number of ether oxygens (including phenoxy) is 1. The quantitative estimate of drug-likeness (QED) is 0.307. The first-order valence-corrected chi connectivity index (χ1v) is 9.63. The van der Waals surface area contributed by atoms with E-state index >= 15 is 0 Å². The monoisotopic (exact) mass is 373 g/mol. The molecule has 0 unspecified atom stereocenters. The molecule has 148 valence electrons. The predicted octanol–water partition coefficient (Wildman–Crippen LogP) is 2.68. The molecule has 5 heteroatoms. The van der Waals surface area contributed by atoms with Crippen LogP contribution in [-0.4, -0.2) is 47.7 Å². The van der Waals surface area contributed by atoms with E-state index in [4.69, 9.17) is 0 Å². The average Bonchev–Trinajstić information content (AvgIpc) is 3.02. The third-order valence-corrected chi connectivity index (χ3v) is 4.50. The van der Waals surface area contributed by atoms with Gasteiger partial charge in [0.25, 0.3) is 0 Å². The number of carbonyl (C=O) groups excluding carboxylic acids is 2. The zero-order valence-electron chi connectivity index (χ0n) is 16.7. The zero-order chi connectivity index (χ0) is 20.1. The lowest BCUT2D eigenvalue weighted by atomic mass is 10.00. The Bertz CT molecular complexity index is 632. The number of aliphatic hydroxyl groups is 1. The Balaban J connectivity index is 2.48. The Morgan fingerprint density at radius 3 is 2.85 bits per heavy atom. The summed E-state index contributed by atoms with van der Waals surface area (Å²) in [5.74, 6) is 12.0. The van der Waals surface area contributed by atoms with Crippen LogP contribution in [0.25, 0.3) is 0 Å².